The summed E-state index contributed by atoms with van der Waals surface area (Å²) in [7, 11) is 0. The molecule has 1 aromatic carbocycles. The van der Waals surface area contributed by atoms with Crippen LogP contribution in [0.15, 0.2) is 36.5 Å². The molecule has 0 atom stereocenters. The predicted molar refractivity (Wildman–Crippen MR) is 65.8 cm³/mol. The van der Waals surface area contributed by atoms with Crippen molar-refractivity contribution in [3.8, 4) is 0 Å². The molecule has 1 N–H and O–H groups in total. The summed E-state index contributed by atoms with van der Waals surface area (Å²) in [6.07, 6.45) is 1.60. The van der Waals surface area contributed by atoms with Gasteiger partial charge in [0.1, 0.15) is 5.82 Å². The first-order valence-electron chi connectivity index (χ1n) is 4.71. The van der Waals surface area contributed by atoms with Crippen LogP contribution in [0.4, 0.5) is 5.82 Å². The van der Waals surface area contributed by atoms with Crippen molar-refractivity contribution in [1.29, 1.82) is 0 Å². The Hall–Kier alpha value is -1.32. The van der Waals surface area contributed by atoms with E-state index in [1.807, 2.05) is 24.3 Å². The fraction of sp³-hybridized carbons (Fsp3) is 0.0909. The van der Waals surface area contributed by atoms with Crippen LogP contribution in [-0.2, 0) is 6.54 Å². The molecule has 3 nitrogen and oxygen atoms in total. The molecule has 0 spiro atoms. The zero-order chi connectivity index (χ0) is 11.4. The lowest BCUT2D eigenvalue weighted by Gasteiger charge is -2.06. The van der Waals surface area contributed by atoms with Crippen LogP contribution >= 0.6 is 23.2 Å². The molecule has 82 valence electrons. The number of aromatic nitrogens is 2. The van der Waals surface area contributed by atoms with Gasteiger partial charge < -0.3 is 5.32 Å². The second-order valence-electron chi connectivity index (χ2n) is 3.16. The molecule has 1 aromatic heterocycles. The predicted octanol–water partition coefficient (Wildman–Crippen LogP) is 3.40. The van der Waals surface area contributed by atoms with Gasteiger partial charge in [-0.25, -0.2) is 9.97 Å². The van der Waals surface area contributed by atoms with Crippen LogP contribution in [-0.4, -0.2) is 9.97 Å². The third kappa shape index (κ3) is 2.84. The van der Waals surface area contributed by atoms with Gasteiger partial charge in [0.15, 0.2) is 0 Å². The van der Waals surface area contributed by atoms with E-state index in [9.17, 15) is 0 Å². The molecule has 0 saturated heterocycles. The SMILES string of the molecule is Clc1nccc(NCc2ccccc2Cl)n1. The van der Waals surface area contributed by atoms with Crippen molar-refractivity contribution < 1.29 is 0 Å². The average Bonchev–Trinajstić information content (AvgIpc) is 2.28. The molecule has 0 bridgehead atoms. The molecule has 1 heterocycles. The maximum atomic E-state index is 6.02. The summed E-state index contributed by atoms with van der Waals surface area (Å²) < 4.78 is 0. The summed E-state index contributed by atoms with van der Waals surface area (Å²) >= 11 is 11.7. The molecule has 5 heteroatoms. The van der Waals surface area contributed by atoms with Gasteiger partial charge in [0, 0.05) is 17.8 Å². The molecule has 2 rings (SSSR count). The van der Waals surface area contributed by atoms with Crippen molar-refractivity contribution in [2.24, 2.45) is 0 Å². The van der Waals surface area contributed by atoms with E-state index in [-0.39, 0.29) is 5.28 Å². The topological polar surface area (TPSA) is 37.8 Å². The Morgan fingerprint density at radius 3 is 2.69 bits per heavy atom. The van der Waals surface area contributed by atoms with Gasteiger partial charge in [0.2, 0.25) is 5.28 Å². The number of nitrogens with one attached hydrogen (secondary N) is 1. The third-order valence-corrected chi connectivity index (χ3v) is 2.59. The molecule has 0 saturated carbocycles. The van der Waals surface area contributed by atoms with Gasteiger partial charge in [-0.05, 0) is 29.3 Å². The van der Waals surface area contributed by atoms with Crippen LogP contribution in [0, 0.1) is 0 Å². The lowest BCUT2D eigenvalue weighted by Crippen LogP contribution is -2.02. The lowest BCUT2D eigenvalue weighted by molar-refractivity contribution is 1.08. The average molecular weight is 254 g/mol. The fourth-order valence-corrected chi connectivity index (χ4v) is 1.61. The van der Waals surface area contributed by atoms with Gasteiger partial charge >= 0.3 is 0 Å². The van der Waals surface area contributed by atoms with Crippen molar-refractivity contribution in [1.82, 2.24) is 9.97 Å². The molecule has 0 aliphatic rings. The van der Waals surface area contributed by atoms with Gasteiger partial charge in [0.25, 0.3) is 0 Å². The first-order chi connectivity index (χ1) is 7.75. The highest BCUT2D eigenvalue weighted by Crippen LogP contribution is 2.16. The Morgan fingerprint density at radius 1 is 1.12 bits per heavy atom. The van der Waals surface area contributed by atoms with Crippen molar-refractivity contribution >= 4 is 29.0 Å². The molecule has 0 fully saturated rings. The number of rotatable bonds is 3. The summed E-state index contributed by atoms with van der Waals surface area (Å²) in [5.41, 5.74) is 1.01. The maximum absolute atomic E-state index is 6.02. The largest absolute Gasteiger partial charge is 0.366 e. The minimum Gasteiger partial charge on any atom is -0.366 e. The van der Waals surface area contributed by atoms with Crippen LogP contribution < -0.4 is 5.32 Å². The Balaban J connectivity index is 2.05. The van der Waals surface area contributed by atoms with E-state index in [0.717, 1.165) is 10.6 Å². The Morgan fingerprint density at radius 2 is 1.94 bits per heavy atom. The zero-order valence-electron chi connectivity index (χ0n) is 8.32. The fourth-order valence-electron chi connectivity index (χ4n) is 1.26. The van der Waals surface area contributed by atoms with E-state index >= 15 is 0 Å². The Labute approximate surface area is 103 Å². The molecular weight excluding hydrogens is 245 g/mol. The molecule has 0 radical (unpaired) electrons. The van der Waals surface area contributed by atoms with Crippen LogP contribution in [0.5, 0.6) is 0 Å². The van der Waals surface area contributed by atoms with Crippen molar-refractivity contribution in [3.05, 3.63) is 52.4 Å². The molecule has 0 aliphatic heterocycles. The zero-order valence-corrected chi connectivity index (χ0v) is 9.83. The number of nitrogens with zero attached hydrogens (tertiary/aromatic N) is 2. The minimum atomic E-state index is 0.226. The molecular formula is C11H9Cl2N3. The van der Waals surface area contributed by atoms with E-state index in [1.54, 1.807) is 12.3 Å². The standard InChI is InChI=1S/C11H9Cl2N3/c12-9-4-2-1-3-8(9)7-15-10-5-6-14-11(13)16-10/h1-6H,7H2,(H,14,15,16). The highest BCUT2D eigenvalue weighted by atomic mass is 35.5. The van der Waals surface area contributed by atoms with Crippen LogP contribution in [0.25, 0.3) is 0 Å². The summed E-state index contributed by atoms with van der Waals surface area (Å²) in [6, 6.07) is 9.40. The number of hydrogen-bond donors (Lipinski definition) is 1. The van der Waals surface area contributed by atoms with Crippen LogP contribution in [0.3, 0.4) is 0 Å². The van der Waals surface area contributed by atoms with Gasteiger partial charge in [-0.1, -0.05) is 29.8 Å². The lowest BCUT2D eigenvalue weighted by atomic mass is 10.2. The highest BCUT2D eigenvalue weighted by molar-refractivity contribution is 6.31. The second-order valence-corrected chi connectivity index (χ2v) is 3.90. The monoisotopic (exact) mass is 253 g/mol. The highest BCUT2D eigenvalue weighted by Gasteiger charge is 2.00. The van der Waals surface area contributed by atoms with E-state index < -0.39 is 0 Å². The van der Waals surface area contributed by atoms with Gasteiger partial charge in [-0.15, -0.1) is 0 Å². The second kappa shape index (κ2) is 5.14. The smallest absolute Gasteiger partial charge is 0.224 e. The summed E-state index contributed by atoms with van der Waals surface area (Å²) in [4.78, 5) is 7.82. The van der Waals surface area contributed by atoms with Gasteiger partial charge in [0.05, 0.1) is 0 Å². The number of anilines is 1. The van der Waals surface area contributed by atoms with Crippen LogP contribution in [0.2, 0.25) is 10.3 Å². The summed E-state index contributed by atoms with van der Waals surface area (Å²) in [6.45, 7) is 0.604. The van der Waals surface area contributed by atoms with E-state index in [4.69, 9.17) is 23.2 Å². The number of hydrogen-bond acceptors (Lipinski definition) is 3. The molecule has 0 aliphatic carbocycles. The first-order valence-corrected chi connectivity index (χ1v) is 5.47. The van der Waals surface area contributed by atoms with E-state index in [1.165, 1.54) is 0 Å². The normalized spacial score (nSPS) is 10.1. The Bertz CT molecular complexity index is 488. The van der Waals surface area contributed by atoms with E-state index in [0.29, 0.717) is 12.4 Å². The quantitative estimate of drug-likeness (QED) is 0.853. The number of halogens is 2. The van der Waals surface area contributed by atoms with Crippen molar-refractivity contribution in [3.63, 3.8) is 0 Å². The van der Waals surface area contributed by atoms with Crippen molar-refractivity contribution in [2.75, 3.05) is 5.32 Å². The molecule has 16 heavy (non-hydrogen) atoms. The van der Waals surface area contributed by atoms with Crippen molar-refractivity contribution in [2.45, 2.75) is 6.54 Å². The first kappa shape index (κ1) is 11.2. The summed E-state index contributed by atoms with van der Waals surface area (Å²) in [5.74, 6) is 0.680. The summed E-state index contributed by atoms with van der Waals surface area (Å²) in [5, 5.41) is 4.08. The molecule has 0 amide bonds. The van der Waals surface area contributed by atoms with Gasteiger partial charge in [-0.2, -0.15) is 0 Å². The van der Waals surface area contributed by atoms with Gasteiger partial charge in [-0.3, -0.25) is 0 Å². The van der Waals surface area contributed by atoms with E-state index in [2.05, 4.69) is 15.3 Å². The third-order valence-electron chi connectivity index (χ3n) is 2.04. The minimum absolute atomic E-state index is 0.226. The maximum Gasteiger partial charge on any atom is 0.224 e. The molecule has 2 aromatic rings. The van der Waals surface area contributed by atoms with Crippen LogP contribution in [0.1, 0.15) is 5.56 Å². The number of benzene rings is 1. The Kier molecular flexibility index (Phi) is 3.59. The molecule has 0 unspecified atom stereocenters.